The van der Waals surface area contributed by atoms with Crippen molar-refractivity contribution in [3.8, 4) is 0 Å². The topological polar surface area (TPSA) is 12.0 Å². The van der Waals surface area contributed by atoms with E-state index in [0.29, 0.717) is 5.41 Å². The van der Waals surface area contributed by atoms with Crippen molar-refractivity contribution in [1.82, 2.24) is 5.32 Å². The number of rotatable bonds is 9. The molecule has 15 heavy (non-hydrogen) atoms. The Morgan fingerprint density at radius 1 is 1.07 bits per heavy atom. The molecule has 92 valence electrons. The van der Waals surface area contributed by atoms with Gasteiger partial charge < -0.3 is 5.32 Å². The highest BCUT2D eigenvalue weighted by Gasteiger charge is 2.16. The fraction of sp³-hybridized carbons (Fsp3) is 1.00. The van der Waals surface area contributed by atoms with Gasteiger partial charge >= 0.3 is 0 Å². The molecule has 0 bridgehead atoms. The lowest BCUT2D eigenvalue weighted by molar-refractivity contribution is 0.284. The quantitative estimate of drug-likeness (QED) is 0.565. The van der Waals surface area contributed by atoms with Gasteiger partial charge in [0.1, 0.15) is 0 Å². The molecule has 0 aromatic carbocycles. The van der Waals surface area contributed by atoms with Gasteiger partial charge in [-0.05, 0) is 43.7 Å². The van der Waals surface area contributed by atoms with Crippen LogP contribution in [0.1, 0.15) is 66.7 Å². The maximum atomic E-state index is 3.49. The third-order valence-corrected chi connectivity index (χ3v) is 3.04. The van der Waals surface area contributed by atoms with Crippen LogP contribution in [-0.2, 0) is 0 Å². The minimum Gasteiger partial charge on any atom is -0.317 e. The van der Waals surface area contributed by atoms with E-state index in [2.05, 4.69) is 39.9 Å². The Balaban J connectivity index is 3.48. The SMILES string of the molecule is CCCNCCC(C)(C)CCCC(C)C. The van der Waals surface area contributed by atoms with Gasteiger partial charge in [0.15, 0.2) is 0 Å². The highest BCUT2D eigenvalue weighted by molar-refractivity contribution is 4.70. The molecule has 0 aliphatic rings. The normalized spacial score (nSPS) is 12.4. The lowest BCUT2D eigenvalue weighted by Crippen LogP contribution is -2.23. The third kappa shape index (κ3) is 10.2. The predicted octanol–water partition coefficient (Wildman–Crippen LogP) is 4.23. The zero-order valence-corrected chi connectivity index (χ0v) is 11.5. The minimum absolute atomic E-state index is 0.523. The molecule has 0 saturated carbocycles. The number of hydrogen-bond acceptors (Lipinski definition) is 1. The van der Waals surface area contributed by atoms with E-state index in [1.54, 1.807) is 0 Å². The fourth-order valence-corrected chi connectivity index (χ4v) is 1.84. The molecule has 0 saturated heterocycles. The molecule has 0 radical (unpaired) electrons. The molecule has 0 heterocycles. The van der Waals surface area contributed by atoms with Crippen molar-refractivity contribution < 1.29 is 0 Å². The summed E-state index contributed by atoms with van der Waals surface area (Å²) in [5, 5.41) is 3.49. The second-order valence-electron chi connectivity index (χ2n) is 5.95. The highest BCUT2D eigenvalue weighted by atomic mass is 14.8. The summed E-state index contributed by atoms with van der Waals surface area (Å²) in [6, 6.07) is 0. The molecular formula is C14H31N. The van der Waals surface area contributed by atoms with Crippen molar-refractivity contribution in [2.45, 2.75) is 66.7 Å². The molecule has 1 N–H and O–H groups in total. The predicted molar refractivity (Wildman–Crippen MR) is 70.2 cm³/mol. The smallest absolute Gasteiger partial charge is 0.00438 e. The monoisotopic (exact) mass is 213 g/mol. The molecule has 0 aromatic heterocycles. The van der Waals surface area contributed by atoms with Gasteiger partial charge in [0, 0.05) is 0 Å². The maximum Gasteiger partial charge on any atom is -0.00438 e. The van der Waals surface area contributed by atoms with Crippen LogP contribution in [0.4, 0.5) is 0 Å². The van der Waals surface area contributed by atoms with Gasteiger partial charge in [0.05, 0.1) is 0 Å². The first-order valence-electron chi connectivity index (χ1n) is 6.68. The molecule has 0 aromatic rings. The first-order chi connectivity index (χ1) is 6.98. The average molecular weight is 213 g/mol. The number of hydrogen-bond donors (Lipinski definition) is 1. The van der Waals surface area contributed by atoms with Gasteiger partial charge in [-0.15, -0.1) is 0 Å². The molecule has 0 fully saturated rings. The molecule has 0 spiro atoms. The van der Waals surface area contributed by atoms with Gasteiger partial charge in [-0.25, -0.2) is 0 Å². The van der Waals surface area contributed by atoms with Crippen LogP contribution in [-0.4, -0.2) is 13.1 Å². The van der Waals surface area contributed by atoms with Crippen LogP contribution >= 0.6 is 0 Å². The zero-order chi connectivity index (χ0) is 11.7. The third-order valence-electron chi connectivity index (χ3n) is 3.04. The summed E-state index contributed by atoms with van der Waals surface area (Å²) in [5.41, 5.74) is 0.523. The van der Waals surface area contributed by atoms with Crippen LogP contribution in [0, 0.1) is 11.3 Å². The summed E-state index contributed by atoms with van der Waals surface area (Å²) in [7, 11) is 0. The summed E-state index contributed by atoms with van der Waals surface area (Å²) in [5.74, 6) is 0.860. The van der Waals surface area contributed by atoms with Crippen LogP contribution < -0.4 is 5.32 Å². The van der Waals surface area contributed by atoms with Gasteiger partial charge in [-0.1, -0.05) is 47.5 Å². The van der Waals surface area contributed by atoms with Crippen LogP contribution in [0.5, 0.6) is 0 Å². The lowest BCUT2D eigenvalue weighted by atomic mass is 9.83. The Hall–Kier alpha value is -0.0400. The first-order valence-corrected chi connectivity index (χ1v) is 6.68. The Morgan fingerprint density at radius 3 is 2.27 bits per heavy atom. The Kier molecular flexibility index (Phi) is 8.13. The van der Waals surface area contributed by atoms with Crippen LogP contribution in [0.2, 0.25) is 0 Å². The molecule has 0 rings (SSSR count). The zero-order valence-electron chi connectivity index (χ0n) is 11.5. The van der Waals surface area contributed by atoms with Gasteiger partial charge in [0.2, 0.25) is 0 Å². The van der Waals surface area contributed by atoms with E-state index in [9.17, 15) is 0 Å². The van der Waals surface area contributed by atoms with E-state index in [1.165, 1.54) is 45.2 Å². The summed E-state index contributed by atoms with van der Waals surface area (Å²) >= 11 is 0. The molecule has 1 nitrogen and oxygen atoms in total. The first kappa shape index (κ1) is 15.0. The molecule has 0 aliphatic heterocycles. The van der Waals surface area contributed by atoms with Crippen molar-refractivity contribution in [2.75, 3.05) is 13.1 Å². The summed E-state index contributed by atoms with van der Waals surface area (Å²) in [6.45, 7) is 14.0. The van der Waals surface area contributed by atoms with Crippen molar-refractivity contribution in [2.24, 2.45) is 11.3 Å². The summed E-state index contributed by atoms with van der Waals surface area (Å²) < 4.78 is 0. The van der Waals surface area contributed by atoms with Gasteiger partial charge in [0.25, 0.3) is 0 Å². The average Bonchev–Trinajstić information content (AvgIpc) is 2.11. The van der Waals surface area contributed by atoms with Crippen LogP contribution in [0.3, 0.4) is 0 Å². The van der Waals surface area contributed by atoms with E-state index in [-0.39, 0.29) is 0 Å². The van der Waals surface area contributed by atoms with Crippen LogP contribution in [0.25, 0.3) is 0 Å². The Labute approximate surface area is 97.0 Å². The van der Waals surface area contributed by atoms with E-state index in [1.807, 2.05) is 0 Å². The van der Waals surface area contributed by atoms with E-state index in [0.717, 1.165) is 5.92 Å². The second kappa shape index (κ2) is 8.15. The standard InChI is InChI=1S/C14H31N/c1-6-11-15-12-10-14(4,5)9-7-8-13(2)3/h13,15H,6-12H2,1-5H3. The molecule has 0 unspecified atom stereocenters. The fourth-order valence-electron chi connectivity index (χ4n) is 1.84. The van der Waals surface area contributed by atoms with Crippen LogP contribution in [0.15, 0.2) is 0 Å². The summed E-state index contributed by atoms with van der Waals surface area (Å²) in [6.07, 6.45) is 6.70. The van der Waals surface area contributed by atoms with E-state index in [4.69, 9.17) is 0 Å². The van der Waals surface area contributed by atoms with E-state index >= 15 is 0 Å². The Morgan fingerprint density at radius 2 is 1.73 bits per heavy atom. The van der Waals surface area contributed by atoms with E-state index < -0.39 is 0 Å². The maximum absolute atomic E-state index is 3.49. The molecule has 0 aliphatic carbocycles. The lowest BCUT2D eigenvalue weighted by Gasteiger charge is -2.25. The summed E-state index contributed by atoms with van der Waals surface area (Å²) in [4.78, 5) is 0. The molecular weight excluding hydrogens is 182 g/mol. The molecule has 0 amide bonds. The molecule has 1 heteroatoms. The minimum atomic E-state index is 0.523. The van der Waals surface area contributed by atoms with Crippen molar-refractivity contribution >= 4 is 0 Å². The van der Waals surface area contributed by atoms with Gasteiger partial charge in [-0.2, -0.15) is 0 Å². The number of nitrogens with one attached hydrogen (secondary N) is 1. The second-order valence-corrected chi connectivity index (χ2v) is 5.95. The Bertz CT molecular complexity index is 138. The highest BCUT2D eigenvalue weighted by Crippen LogP contribution is 2.27. The van der Waals surface area contributed by atoms with Gasteiger partial charge in [-0.3, -0.25) is 0 Å². The van der Waals surface area contributed by atoms with Crippen molar-refractivity contribution in [1.29, 1.82) is 0 Å². The molecule has 0 atom stereocenters. The van der Waals surface area contributed by atoms with Crippen molar-refractivity contribution in [3.63, 3.8) is 0 Å². The largest absolute Gasteiger partial charge is 0.317 e. The van der Waals surface area contributed by atoms with Crippen molar-refractivity contribution in [3.05, 3.63) is 0 Å².